The van der Waals surface area contributed by atoms with Crippen LogP contribution >= 0.6 is 0 Å². The van der Waals surface area contributed by atoms with Crippen LogP contribution < -0.4 is 10.1 Å². The van der Waals surface area contributed by atoms with E-state index in [0.717, 1.165) is 36.5 Å². The zero-order chi connectivity index (χ0) is 17.4. The predicted molar refractivity (Wildman–Crippen MR) is 101 cm³/mol. The molecule has 1 saturated heterocycles. The first-order chi connectivity index (χ1) is 12.0. The molecule has 2 aliphatic rings. The lowest BCUT2D eigenvalue weighted by Gasteiger charge is -2.16. The molecule has 0 unspecified atom stereocenters. The van der Waals surface area contributed by atoms with Gasteiger partial charge in [0, 0.05) is 38.7 Å². The molecule has 136 valence electrons. The van der Waals surface area contributed by atoms with Crippen molar-refractivity contribution in [2.75, 3.05) is 31.7 Å². The van der Waals surface area contributed by atoms with E-state index in [1.54, 1.807) is 0 Å². The summed E-state index contributed by atoms with van der Waals surface area (Å²) in [5.41, 5.74) is 1.88. The highest BCUT2D eigenvalue weighted by Crippen LogP contribution is 2.33. The molecule has 0 spiro atoms. The third-order valence-corrected chi connectivity index (χ3v) is 6.59. The van der Waals surface area contributed by atoms with E-state index in [1.807, 2.05) is 6.20 Å². The van der Waals surface area contributed by atoms with Gasteiger partial charge in [-0.05, 0) is 18.2 Å². The second-order valence-electron chi connectivity index (χ2n) is 8.22. The van der Waals surface area contributed by atoms with E-state index >= 15 is 0 Å². The SMILES string of the molecule is C[Si](C)(C)CCOCn1ccc2cc3c(nc21)O[C@H]1COC[C@@H]1CN3. The highest BCUT2D eigenvalue weighted by Gasteiger charge is 2.33. The second-order valence-corrected chi connectivity index (χ2v) is 13.8. The van der Waals surface area contributed by atoms with Crippen LogP contribution in [0.2, 0.25) is 25.7 Å². The minimum atomic E-state index is -1.06. The molecule has 0 amide bonds. The van der Waals surface area contributed by atoms with Crippen LogP contribution in [0.5, 0.6) is 5.88 Å². The molecule has 2 atom stereocenters. The fourth-order valence-electron chi connectivity index (χ4n) is 3.24. The largest absolute Gasteiger partial charge is 0.470 e. The quantitative estimate of drug-likeness (QED) is 0.655. The third kappa shape index (κ3) is 3.68. The number of hydrogen-bond donors (Lipinski definition) is 1. The predicted octanol–water partition coefficient (Wildman–Crippen LogP) is 3.17. The zero-order valence-corrected chi connectivity index (χ0v) is 16.2. The second kappa shape index (κ2) is 6.62. The number of ether oxygens (including phenoxy) is 3. The maximum absolute atomic E-state index is 6.14. The lowest BCUT2D eigenvalue weighted by Crippen LogP contribution is -2.28. The molecule has 6 nitrogen and oxygen atoms in total. The molecule has 4 rings (SSSR count). The number of pyridine rings is 1. The van der Waals surface area contributed by atoms with Crippen LogP contribution in [0.4, 0.5) is 5.69 Å². The van der Waals surface area contributed by atoms with Crippen LogP contribution in [0.1, 0.15) is 0 Å². The van der Waals surface area contributed by atoms with E-state index in [2.05, 4.69) is 41.7 Å². The van der Waals surface area contributed by atoms with Gasteiger partial charge in [0.1, 0.15) is 18.5 Å². The lowest BCUT2D eigenvalue weighted by atomic mass is 10.1. The topological polar surface area (TPSA) is 57.5 Å². The number of rotatable bonds is 5. The maximum atomic E-state index is 6.14. The average molecular weight is 362 g/mol. The normalized spacial score (nSPS) is 22.8. The summed E-state index contributed by atoms with van der Waals surface area (Å²) in [6.45, 7) is 10.7. The minimum Gasteiger partial charge on any atom is -0.470 e. The van der Waals surface area contributed by atoms with Crippen LogP contribution in [-0.4, -0.2) is 50.1 Å². The van der Waals surface area contributed by atoms with Crippen molar-refractivity contribution < 1.29 is 14.2 Å². The molecule has 4 heterocycles. The Morgan fingerprint density at radius 2 is 2.24 bits per heavy atom. The number of fused-ring (bicyclic) bond motifs is 3. The molecular weight excluding hydrogens is 334 g/mol. The molecule has 7 heteroatoms. The fourth-order valence-corrected chi connectivity index (χ4v) is 4.00. The number of hydrogen-bond acceptors (Lipinski definition) is 5. The van der Waals surface area contributed by atoms with Gasteiger partial charge in [0.25, 0.3) is 0 Å². The first-order valence-corrected chi connectivity index (χ1v) is 12.8. The van der Waals surface area contributed by atoms with Crippen molar-refractivity contribution in [2.45, 2.75) is 38.5 Å². The molecule has 1 fully saturated rings. The Bertz CT molecular complexity index is 756. The minimum absolute atomic E-state index is 0.0927. The zero-order valence-electron chi connectivity index (χ0n) is 15.2. The lowest BCUT2D eigenvalue weighted by molar-refractivity contribution is 0.0897. The van der Waals surface area contributed by atoms with Crippen molar-refractivity contribution in [2.24, 2.45) is 5.92 Å². The summed E-state index contributed by atoms with van der Waals surface area (Å²) in [5, 5.41) is 4.57. The van der Waals surface area contributed by atoms with Gasteiger partial charge in [0.15, 0.2) is 0 Å². The van der Waals surface area contributed by atoms with Crippen molar-refractivity contribution in [3.8, 4) is 5.88 Å². The van der Waals surface area contributed by atoms with Gasteiger partial charge in [0.05, 0.1) is 18.9 Å². The van der Waals surface area contributed by atoms with E-state index in [0.29, 0.717) is 25.1 Å². The van der Waals surface area contributed by atoms with Crippen molar-refractivity contribution in [1.82, 2.24) is 9.55 Å². The van der Waals surface area contributed by atoms with E-state index in [9.17, 15) is 0 Å². The Morgan fingerprint density at radius 3 is 3.08 bits per heavy atom. The standard InChI is InChI=1S/C18H27N3O3Si/c1-25(2,3)7-6-22-12-21-5-4-13-8-15-18(20-17(13)21)24-16-11-23-10-14(16)9-19-15/h4-5,8,14,16,19H,6-7,9-12H2,1-3H3/t14-,16-/m0/s1. The molecule has 0 radical (unpaired) electrons. The smallest absolute Gasteiger partial charge is 0.239 e. The molecule has 0 aliphatic carbocycles. The van der Waals surface area contributed by atoms with Gasteiger partial charge in [-0.15, -0.1) is 0 Å². The monoisotopic (exact) mass is 361 g/mol. The summed E-state index contributed by atoms with van der Waals surface area (Å²) >= 11 is 0. The van der Waals surface area contributed by atoms with Gasteiger partial charge in [-0.2, -0.15) is 4.98 Å². The Kier molecular flexibility index (Phi) is 4.47. The van der Waals surface area contributed by atoms with Crippen LogP contribution in [0.3, 0.4) is 0 Å². The molecule has 2 aromatic rings. The van der Waals surface area contributed by atoms with E-state index in [1.165, 1.54) is 6.04 Å². The molecule has 0 bridgehead atoms. The highest BCUT2D eigenvalue weighted by atomic mass is 28.3. The van der Waals surface area contributed by atoms with Crippen LogP contribution in [-0.2, 0) is 16.2 Å². The summed E-state index contributed by atoms with van der Waals surface area (Å²) in [7, 11) is -1.06. The maximum Gasteiger partial charge on any atom is 0.239 e. The Morgan fingerprint density at radius 1 is 1.36 bits per heavy atom. The van der Waals surface area contributed by atoms with Crippen molar-refractivity contribution in [3.63, 3.8) is 0 Å². The third-order valence-electron chi connectivity index (χ3n) is 4.89. The summed E-state index contributed by atoms with van der Waals surface area (Å²) < 4.78 is 19.6. The molecule has 0 aromatic carbocycles. The summed E-state index contributed by atoms with van der Waals surface area (Å²) in [6.07, 6.45) is 2.13. The van der Waals surface area contributed by atoms with E-state index in [-0.39, 0.29) is 6.10 Å². The first-order valence-electron chi connectivity index (χ1n) is 9.05. The summed E-state index contributed by atoms with van der Waals surface area (Å²) in [4.78, 5) is 4.77. The van der Waals surface area contributed by atoms with Crippen LogP contribution in [0.15, 0.2) is 18.3 Å². The molecular formula is C18H27N3O3Si. The Hall–Kier alpha value is -1.57. The highest BCUT2D eigenvalue weighted by molar-refractivity contribution is 6.76. The first kappa shape index (κ1) is 16.9. The van der Waals surface area contributed by atoms with Crippen LogP contribution in [0.25, 0.3) is 11.0 Å². The Labute approximate surface area is 149 Å². The molecule has 25 heavy (non-hydrogen) atoms. The molecule has 2 aliphatic heterocycles. The average Bonchev–Trinajstić information content (AvgIpc) is 3.11. The summed E-state index contributed by atoms with van der Waals surface area (Å²) in [6, 6.07) is 5.38. The fraction of sp³-hybridized carbons (Fsp3) is 0.611. The van der Waals surface area contributed by atoms with E-state index in [4.69, 9.17) is 19.2 Å². The van der Waals surface area contributed by atoms with Gasteiger partial charge in [0.2, 0.25) is 5.88 Å². The number of nitrogens with one attached hydrogen (secondary N) is 1. The molecule has 2 aromatic heterocycles. The Balaban J connectivity index is 1.51. The molecule has 1 N–H and O–H groups in total. The van der Waals surface area contributed by atoms with E-state index < -0.39 is 8.07 Å². The van der Waals surface area contributed by atoms with Gasteiger partial charge in [-0.1, -0.05) is 19.6 Å². The molecule has 0 saturated carbocycles. The number of nitrogens with zero attached hydrogens (tertiary/aromatic N) is 2. The van der Waals surface area contributed by atoms with Crippen molar-refractivity contribution in [1.29, 1.82) is 0 Å². The van der Waals surface area contributed by atoms with Crippen molar-refractivity contribution >= 4 is 24.8 Å². The summed E-state index contributed by atoms with van der Waals surface area (Å²) in [5.74, 6) is 1.06. The van der Waals surface area contributed by atoms with Crippen molar-refractivity contribution in [3.05, 3.63) is 18.3 Å². The van der Waals surface area contributed by atoms with Gasteiger partial charge < -0.3 is 24.1 Å². The number of anilines is 1. The number of aromatic nitrogens is 2. The van der Waals surface area contributed by atoms with Crippen LogP contribution in [0, 0.1) is 5.92 Å². The van der Waals surface area contributed by atoms with Gasteiger partial charge in [-0.25, -0.2) is 0 Å². The van der Waals surface area contributed by atoms with Gasteiger partial charge in [-0.3, -0.25) is 0 Å². The van der Waals surface area contributed by atoms with Gasteiger partial charge >= 0.3 is 0 Å².